The van der Waals surface area contributed by atoms with Crippen LogP contribution >= 0.6 is 0 Å². The highest BCUT2D eigenvalue weighted by molar-refractivity contribution is 5.86. The molecule has 1 aliphatic rings. The molecule has 0 aromatic heterocycles. The zero-order valence-corrected chi connectivity index (χ0v) is 20.1. The van der Waals surface area contributed by atoms with Crippen LogP contribution in [0.25, 0.3) is 0 Å². The molecule has 1 aromatic rings. The van der Waals surface area contributed by atoms with E-state index in [-0.39, 0.29) is 5.41 Å². The number of ether oxygens (including phenoxy) is 2. The van der Waals surface area contributed by atoms with Crippen molar-refractivity contribution < 1.29 is 24.2 Å². The summed E-state index contributed by atoms with van der Waals surface area (Å²) >= 11 is 0. The highest BCUT2D eigenvalue weighted by Crippen LogP contribution is 2.40. The van der Waals surface area contributed by atoms with Crippen LogP contribution in [0.1, 0.15) is 79.9 Å². The van der Waals surface area contributed by atoms with Gasteiger partial charge in [0, 0.05) is 17.8 Å². The van der Waals surface area contributed by atoms with Crippen molar-refractivity contribution in [1.29, 1.82) is 0 Å². The Morgan fingerprint density at radius 3 is 2.26 bits per heavy atom. The number of carbonyl (C=O) groups is 2. The van der Waals surface area contributed by atoms with Crippen LogP contribution in [0.5, 0.6) is 0 Å². The smallest absolute Gasteiger partial charge is 0.412 e. The average molecular weight is 435 g/mol. The van der Waals surface area contributed by atoms with Gasteiger partial charge in [0.05, 0.1) is 6.04 Å². The van der Waals surface area contributed by atoms with E-state index in [0.29, 0.717) is 24.2 Å². The van der Waals surface area contributed by atoms with E-state index in [4.69, 9.17) is 9.47 Å². The lowest BCUT2D eigenvalue weighted by molar-refractivity contribution is -0.0363. The Hall–Kier alpha value is -2.28. The second-order valence-corrected chi connectivity index (χ2v) is 11.0. The second kappa shape index (κ2) is 9.07. The number of para-hydroxylation sites is 1. The van der Waals surface area contributed by atoms with E-state index in [1.165, 1.54) is 0 Å². The molecule has 1 saturated heterocycles. The minimum absolute atomic E-state index is 0.0440. The largest absolute Gasteiger partial charge is 0.444 e. The average Bonchev–Trinajstić information content (AvgIpc) is 2.57. The molecule has 0 spiro atoms. The Morgan fingerprint density at radius 1 is 1.10 bits per heavy atom. The fourth-order valence-corrected chi connectivity index (χ4v) is 3.69. The van der Waals surface area contributed by atoms with E-state index in [2.05, 4.69) is 19.2 Å². The summed E-state index contributed by atoms with van der Waals surface area (Å²) in [4.78, 5) is 26.8. The lowest BCUT2D eigenvalue weighted by atomic mass is 9.76. The number of benzene rings is 1. The monoisotopic (exact) mass is 434 g/mol. The molecule has 7 heteroatoms. The molecule has 2 N–H and O–H groups in total. The molecule has 2 atom stereocenters. The zero-order chi connectivity index (χ0) is 23.6. The summed E-state index contributed by atoms with van der Waals surface area (Å²) in [6.07, 6.45) is -0.621. The maximum Gasteiger partial charge on any atom is 0.412 e. The molecule has 1 heterocycles. The minimum atomic E-state index is -1.00. The van der Waals surface area contributed by atoms with Crippen LogP contribution in [0, 0.1) is 5.41 Å². The molecule has 2 amide bonds. The van der Waals surface area contributed by atoms with Gasteiger partial charge < -0.3 is 19.5 Å². The standard InChI is InChI=1S/C24H38N2O5/c1-22(2,3)30-20(28)25-17-12-10-9-11-16(17)19(27)18-15-24(7,8)13-14-26(18)21(29)31-23(4,5)6/h9-12,18-19,27H,13-15H2,1-8H3,(H,25,28). The summed E-state index contributed by atoms with van der Waals surface area (Å²) < 4.78 is 11.0. The third kappa shape index (κ3) is 7.42. The first-order valence-corrected chi connectivity index (χ1v) is 10.8. The van der Waals surface area contributed by atoms with Crippen LogP contribution in [0.15, 0.2) is 24.3 Å². The maximum absolute atomic E-state index is 12.9. The highest BCUT2D eigenvalue weighted by atomic mass is 16.6. The number of hydrogen-bond acceptors (Lipinski definition) is 5. The summed E-state index contributed by atoms with van der Waals surface area (Å²) in [6.45, 7) is 15.6. The number of likely N-dealkylation sites (tertiary alicyclic amines) is 1. The van der Waals surface area contributed by atoms with Crippen LogP contribution in [-0.4, -0.2) is 46.0 Å². The quantitative estimate of drug-likeness (QED) is 0.656. The summed E-state index contributed by atoms with van der Waals surface area (Å²) in [7, 11) is 0. The minimum Gasteiger partial charge on any atom is -0.444 e. The van der Waals surface area contributed by atoms with Crippen molar-refractivity contribution in [3.63, 3.8) is 0 Å². The number of aliphatic hydroxyl groups excluding tert-OH is 1. The van der Waals surface area contributed by atoms with Gasteiger partial charge in [-0.2, -0.15) is 0 Å². The normalized spacial score (nSPS) is 20.0. The Kier molecular flexibility index (Phi) is 7.31. The summed E-state index contributed by atoms with van der Waals surface area (Å²) in [5.74, 6) is 0. The van der Waals surface area contributed by atoms with E-state index >= 15 is 0 Å². The lowest BCUT2D eigenvalue weighted by Gasteiger charge is -2.45. The number of anilines is 1. The Bertz CT molecular complexity index is 792. The molecular weight excluding hydrogens is 396 g/mol. The maximum atomic E-state index is 12.9. The van der Waals surface area contributed by atoms with E-state index in [9.17, 15) is 14.7 Å². The van der Waals surface area contributed by atoms with Crippen molar-refractivity contribution in [2.24, 2.45) is 5.41 Å². The molecule has 1 aliphatic heterocycles. The number of carbonyl (C=O) groups excluding carboxylic acids is 2. The Morgan fingerprint density at radius 2 is 1.68 bits per heavy atom. The Labute approximate surface area is 186 Å². The molecule has 0 radical (unpaired) electrons. The predicted molar refractivity (Wildman–Crippen MR) is 121 cm³/mol. The van der Waals surface area contributed by atoms with Gasteiger partial charge in [0.1, 0.15) is 17.3 Å². The molecule has 7 nitrogen and oxygen atoms in total. The van der Waals surface area contributed by atoms with Crippen molar-refractivity contribution in [3.8, 4) is 0 Å². The highest BCUT2D eigenvalue weighted by Gasteiger charge is 2.42. The van der Waals surface area contributed by atoms with Gasteiger partial charge in [0.2, 0.25) is 0 Å². The number of nitrogens with one attached hydrogen (secondary N) is 1. The molecule has 1 fully saturated rings. The molecule has 1 aromatic carbocycles. The number of rotatable bonds is 3. The van der Waals surface area contributed by atoms with E-state index in [1.807, 2.05) is 20.8 Å². The van der Waals surface area contributed by atoms with E-state index < -0.39 is 35.5 Å². The van der Waals surface area contributed by atoms with Crippen molar-refractivity contribution in [2.75, 3.05) is 11.9 Å². The zero-order valence-electron chi connectivity index (χ0n) is 20.1. The summed E-state index contributed by atoms with van der Waals surface area (Å²) in [5.41, 5.74) is -0.326. The van der Waals surface area contributed by atoms with E-state index in [1.54, 1.807) is 49.9 Å². The van der Waals surface area contributed by atoms with Gasteiger partial charge in [0.25, 0.3) is 0 Å². The SMILES string of the molecule is CC1(C)CCN(C(=O)OC(C)(C)C)C(C(O)c2ccccc2NC(=O)OC(C)(C)C)C1. The number of hydrogen-bond donors (Lipinski definition) is 2. The van der Waals surface area contributed by atoms with E-state index in [0.717, 1.165) is 6.42 Å². The first kappa shape index (κ1) is 25.0. The van der Waals surface area contributed by atoms with Crippen molar-refractivity contribution in [2.45, 2.75) is 91.6 Å². The van der Waals surface area contributed by atoms with Crippen LogP contribution in [0.4, 0.5) is 15.3 Å². The second-order valence-electron chi connectivity index (χ2n) is 11.0. The van der Waals surface area contributed by atoms with Gasteiger partial charge in [-0.15, -0.1) is 0 Å². The molecule has 0 saturated carbocycles. The van der Waals surface area contributed by atoms with Crippen molar-refractivity contribution in [3.05, 3.63) is 29.8 Å². The molecule has 2 rings (SSSR count). The molecule has 0 aliphatic carbocycles. The van der Waals surface area contributed by atoms with Crippen molar-refractivity contribution in [1.82, 2.24) is 4.90 Å². The summed E-state index contributed by atoms with van der Waals surface area (Å²) in [6, 6.07) is 6.56. The van der Waals surface area contributed by atoms with Crippen LogP contribution in [0.2, 0.25) is 0 Å². The van der Waals surface area contributed by atoms with Gasteiger partial charge in [-0.3, -0.25) is 5.32 Å². The predicted octanol–water partition coefficient (Wildman–Crippen LogP) is 5.49. The van der Waals surface area contributed by atoms with Crippen LogP contribution in [-0.2, 0) is 9.47 Å². The van der Waals surface area contributed by atoms with Gasteiger partial charge in [-0.25, -0.2) is 9.59 Å². The molecular formula is C24H38N2O5. The number of piperidine rings is 1. The third-order valence-electron chi connectivity index (χ3n) is 5.10. The van der Waals surface area contributed by atoms with Gasteiger partial charge >= 0.3 is 12.2 Å². The molecule has 174 valence electrons. The number of amides is 2. The summed E-state index contributed by atoms with van der Waals surface area (Å²) in [5, 5.41) is 14.1. The van der Waals surface area contributed by atoms with Crippen LogP contribution < -0.4 is 5.32 Å². The van der Waals surface area contributed by atoms with Crippen molar-refractivity contribution >= 4 is 17.9 Å². The lowest BCUT2D eigenvalue weighted by Crippen LogP contribution is -2.52. The van der Waals surface area contributed by atoms with Gasteiger partial charge in [-0.1, -0.05) is 32.0 Å². The first-order chi connectivity index (χ1) is 14.1. The molecule has 31 heavy (non-hydrogen) atoms. The topological polar surface area (TPSA) is 88.1 Å². The fraction of sp³-hybridized carbons (Fsp3) is 0.667. The first-order valence-electron chi connectivity index (χ1n) is 10.8. The van der Waals surface area contributed by atoms with Gasteiger partial charge in [-0.05, 0) is 65.9 Å². The van der Waals surface area contributed by atoms with Gasteiger partial charge in [0.15, 0.2) is 0 Å². The number of nitrogens with zero attached hydrogens (tertiary/aromatic N) is 1. The number of aliphatic hydroxyl groups is 1. The third-order valence-corrected chi connectivity index (χ3v) is 5.10. The molecule has 0 bridgehead atoms. The van der Waals surface area contributed by atoms with Crippen LogP contribution in [0.3, 0.4) is 0 Å². The fourth-order valence-electron chi connectivity index (χ4n) is 3.69. The molecule has 2 unspecified atom stereocenters. The Balaban J connectivity index is 2.32.